The van der Waals surface area contributed by atoms with Crippen LogP contribution in [-0.4, -0.2) is 53.6 Å². The predicted molar refractivity (Wildman–Crippen MR) is 110 cm³/mol. The molecule has 0 atom stereocenters. The summed E-state index contributed by atoms with van der Waals surface area (Å²) >= 11 is 1.56. The lowest BCUT2D eigenvalue weighted by molar-refractivity contribution is -0.152. The van der Waals surface area contributed by atoms with Crippen LogP contribution >= 0.6 is 11.3 Å². The quantitative estimate of drug-likeness (QED) is 0.623. The van der Waals surface area contributed by atoms with Crippen molar-refractivity contribution in [3.05, 3.63) is 58.3 Å². The van der Waals surface area contributed by atoms with Gasteiger partial charge in [0.05, 0.1) is 25.2 Å². The molecule has 0 N–H and O–H groups in total. The Balaban J connectivity index is 1.38. The van der Waals surface area contributed by atoms with Gasteiger partial charge in [0.25, 0.3) is 5.91 Å². The molecule has 1 aromatic carbocycles. The van der Waals surface area contributed by atoms with Crippen LogP contribution in [-0.2, 0) is 25.7 Å². The van der Waals surface area contributed by atoms with E-state index in [4.69, 9.17) is 4.74 Å². The van der Waals surface area contributed by atoms with Crippen LogP contribution in [0.5, 0.6) is 0 Å². The van der Waals surface area contributed by atoms with Crippen LogP contribution < -0.4 is 0 Å². The van der Waals surface area contributed by atoms with Crippen molar-refractivity contribution >= 4 is 34.8 Å². The van der Waals surface area contributed by atoms with Crippen LogP contribution in [0.4, 0.5) is 0 Å². The molecular weight excluding hydrogens is 390 g/mol. The number of hydrogen-bond acceptors (Lipinski definition) is 6. The molecule has 0 saturated carbocycles. The molecule has 7 nitrogen and oxygen atoms in total. The average molecular weight is 413 g/mol. The summed E-state index contributed by atoms with van der Waals surface area (Å²) in [6.07, 6.45) is 0.613. The van der Waals surface area contributed by atoms with Crippen molar-refractivity contribution in [1.82, 2.24) is 9.91 Å². The monoisotopic (exact) mass is 413 g/mol. The van der Waals surface area contributed by atoms with Crippen LogP contribution in [0.1, 0.15) is 29.7 Å². The molecule has 0 aliphatic carbocycles. The molecule has 2 amide bonds. The third kappa shape index (κ3) is 5.99. The molecule has 0 saturated heterocycles. The fourth-order valence-corrected chi connectivity index (χ4v) is 3.61. The maximum Gasteiger partial charge on any atom is 0.306 e. The molecule has 0 fully saturated rings. The zero-order chi connectivity index (χ0) is 20.6. The minimum Gasteiger partial charge on any atom is -0.456 e. The third-order valence-electron chi connectivity index (χ3n) is 4.50. The van der Waals surface area contributed by atoms with Gasteiger partial charge in [-0.2, -0.15) is 5.10 Å². The summed E-state index contributed by atoms with van der Waals surface area (Å²) in [5.74, 6) is -1.08. The molecule has 152 valence electrons. The summed E-state index contributed by atoms with van der Waals surface area (Å²) in [6, 6.07) is 13.6. The van der Waals surface area contributed by atoms with Gasteiger partial charge in [0.15, 0.2) is 6.61 Å². The van der Waals surface area contributed by atoms with Crippen LogP contribution in [0.3, 0.4) is 0 Å². The number of amides is 2. The average Bonchev–Trinajstić information content (AvgIpc) is 3.43. The van der Waals surface area contributed by atoms with Gasteiger partial charge in [0.2, 0.25) is 5.91 Å². The number of hydrazone groups is 1. The van der Waals surface area contributed by atoms with E-state index in [-0.39, 0.29) is 31.3 Å². The van der Waals surface area contributed by atoms with Gasteiger partial charge in [0.1, 0.15) is 0 Å². The summed E-state index contributed by atoms with van der Waals surface area (Å²) in [5.41, 5.74) is 1.85. The first-order valence-electron chi connectivity index (χ1n) is 9.38. The first-order valence-corrected chi connectivity index (χ1v) is 10.3. The smallest absolute Gasteiger partial charge is 0.306 e. The maximum atomic E-state index is 12.3. The summed E-state index contributed by atoms with van der Waals surface area (Å²) in [5, 5.41) is 7.70. The first kappa shape index (κ1) is 20.7. The number of carbonyl (C=O) groups excluding carboxylic acids is 3. The summed E-state index contributed by atoms with van der Waals surface area (Å²) in [4.78, 5) is 38.8. The maximum absolute atomic E-state index is 12.3. The summed E-state index contributed by atoms with van der Waals surface area (Å²) < 4.78 is 5.01. The van der Waals surface area contributed by atoms with E-state index in [9.17, 15) is 14.4 Å². The SMILES string of the molecule is CN(Cc1cccs1)C(=O)COC(=O)CCC(=O)N1CCC(c2ccccc2)=N1. The fraction of sp³-hybridized carbons (Fsp3) is 0.333. The van der Waals surface area contributed by atoms with E-state index >= 15 is 0 Å². The molecule has 0 radical (unpaired) electrons. The number of ether oxygens (including phenoxy) is 1. The molecule has 1 aliphatic heterocycles. The highest BCUT2D eigenvalue weighted by atomic mass is 32.1. The van der Waals surface area contributed by atoms with Gasteiger partial charge < -0.3 is 9.64 Å². The molecule has 3 rings (SSSR count). The lowest BCUT2D eigenvalue weighted by Gasteiger charge is -2.16. The van der Waals surface area contributed by atoms with Gasteiger partial charge in [-0.3, -0.25) is 14.4 Å². The second-order valence-electron chi connectivity index (χ2n) is 6.67. The molecule has 0 bridgehead atoms. The topological polar surface area (TPSA) is 79.3 Å². The van der Waals surface area contributed by atoms with E-state index in [0.29, 0.717) is 19.5 Å². The fourth-order valence-electron chi connectivity index (χ4n) is 2.86. The molecule has 2 heterocycles. The van der Waals surface area contributed by atoms with Gasteiger partial charge in [0, 0.05) is 24.8 Å². The minimum absolute atomic E-state index is 0.00360. The van der Waals surface area contributed by atoms with Gasteiger partial charge >= 0.3 is 5.97 Å². The standard InChI is InChI=1S/C21H23N3O4S/c1-23(14-17-8-5-13-29-17)20(26)15-28-21(27)10-9-19(25)24-12-11-18(22-24)16-6-3-2-4-7-16/h2-8,13H,9-12,14-15H2,1H3. The van der Waals surface area contributed by atoms with Crippen LogP contribution in [0.2, 0.25) is 0 Å². The number of carbonyl (C=O) groups is 3. The highest BCUT2D eigenvalue weighted by molar-refractivity contribution is 7.09. The van der Waals surface area contributed by atoms with Gasteiger partial charge in [-0.25, -0.2) is 5.01 Å². The van der Waals surface area contributed by atoms with Gasteiger partial charge in [-0.15, -0.1) is 11.3 Å². The highest BCUT2D eigenvalue weighted by Crippen LogP contribution is 2.15. The number of nitrogens with zero attached hydrogens (tertiary/aromatic N) is 3. The Kier molecular flexibility index (Phi) is 7.13. The molecule has 1 aromatic heterocycles. The molecule has 8 heteroatoms. The Labute approximate surface area is 173 Å². The van der Waals surface area contributed by atoms with Crippen molar-refractivity contribution in [2.24, 2.45) is 5.10 Å². The van der Waals surface area contributed by atoms with Crippen LogP contribution in [0, 0.1) is 0 Å². The Morgan fingerprint density at radius 1 is 1.14 bits per heavy atom. The van der Waals surface area contributed by atoms with Crippen molar-refractivity contribution in [2.75, 3.05) is 20.2 Å². The van der Waals surface area contributed by atoms with E-state index in [1.165, 1.54) is 9.91 Å². The largest absolute Gasteiger partial charge is 0.456 e. The van der Waals surface area contributed by atoms with Crippen molar-refractivity contribution in [3.63, 3.8) is 0 Å². The van der Waals surface area contributed by atoms with E-state index in [0.717, 1.165) is 16.2 Å². The van der Waals surface area contributed by atoms with E-state index in [2.05, 4.69) is 5.10 Å². The van der Waals surface area contributed by atoms with Crippen LogP contribution in [0.25, 0.3) is 0 Å². The van der Waals surface area contributed by atoms with Crippen molar-refractivity contribution in [1.29, 1.82) is 0 Å². The Bertz CT molecular complexity index is 881. The number of thiophene rings is 1. The molecule has 0 unspecified atom stereocenters. The normalized spacial score (nSPS) is 13.1. The third-order valence-corrected chi connectivity index (χ3v) is 5.36. The second kappa shape index (κ2) is 9.97. The zero-order valence-corrected chi connectivity index (χ0v) is 17.1. The Morgan fingerprint density at radius 2 is 1.93 bits per heavy atom. The van der Waals surface area contributed by atoms with E-state index in [1.54, 1.807) is 18.4 Å². The molecular formula is C21H23N3O4S. The summed E-state index contributed by atoms with van der Waals surface area (Å²) in [6.45, 7) is 0.655. The second-order valence-corrected chi connectivity index (χ2v) is 7.70. The minimum atomic E-state index is -0.567. The number of benzene rings is 1. The van der Waals surface area contributed by atoms with Crippen molar-refractivity contribution in [2.45, 2.75) is 25.8 Å². The first-order chi connectivity index (χ1) is 14.0. The lowest BCUT2D eigenvalue weighted by Crippen LogP contribution is -2.30. The molecule has 2 aromatic rings. The number of hydrogen-bond donors (Lipinski definition) is 0. The zero-order valence-electron chi connectivity index (χ0n) is 16.2. The molecule has 1 aliphatic rings. The lowest BCUT2D eigenvalue weighted by atomic mass is 10.1. The van der Waals surface area contributed by atoms with Gasteiger partial charge in [-0.1, -0.05) is 36.4 Å². The summed E-state index contributed by atoms with van der Waals surface area (Å²) in [7, 11) is 1.66. The van der Waals surface area contributed by atoms with E-state index in [1.807, 2.05) is 47.8 Å². The van der Waals surface area contributed by atoms with Crippen LogP contribution in [0.15, 0.2) is 52.9 Å². The highest BCUT2D eigenvalue weighted by Gasteiger charge is 2.22. The van der Waals surface area contributed by atoms with E-state index < -0.39 is 5.97 Å². The predicted octanol–water partition coefficient (Wildman–Crippen LogP) is 2.67. The molecule has 29 heavy (non-hydrogen) atoms. The van der Waals surface area contributed by atoms with Gasteiger partial charge in [-0.05, 0) is 17.0 Å². The number of likely N-dealkylation sites (N-methyl/N-ethyl adjacent to an activating group) is 1. The number of rotatable bonds is 8. The Morgan fingerprint density at radius 3 is 2.66 bits per heavy atom. The van der Waals surface area contributed by atoms with Crippen molar-refractivity contribution < 1.29 is 19.1 Å². The molecule has 0 spiro atoms. The Hall–Kier alpha value is -3.00. The number of esters is 1. The van der Waals surface area contributed by atoms with Crippen molar-refractivity contribution in [3.8, 4) is 0 Å².